The van der Waals surface area contributed by atoms with Crippen LogP contribution in [0.25, 0.3) is 0 Å². The van der Waals surface area contributed by atoms with E-state index in [0.717, 1.165) is 12.6 Å². The first-order valence-corrected chi connectivity index (χ1v) is 4.87. The smallest absolute Gasteiger partial charge is 0.0128 e. The molecule has 0 saturated carbocycles. The maximum Gasteiger partial charge on any atom is -0.0128 e. The molecular weight excluding hydrogens is 151 g/mol. The van der Waals surface area contributed by atoms with Gasteiger partial charge >= 0.3 is 0 Å². The maximum absolute atomic E-state index is 2.76. The fourth-order valence-electron chi connectivity index (χ4n) is 1.27. The minimum atomic E-state index is 1.06. The molecule has 0 N–H and O–H groups in total. The molecule has 1 aromatic carbocycles. The molecule has 0 radical (unpaired) electrons. The Hall–Kier alpha value is -0.350. The van der Waals surface area contributed by atoms with Crippen molar-refractivity contribution in [2.24, 2.45) is 0 Å². The molecule has 1 aromatic rings. The van der Waals surface area contributed by atoms with E-state index in [1.54, 1.807) is 0 Å². The van der Waals surface area contributed by atoms with Gasteiger partial charge in [0, 0.05) is 0 Å². The molecule has 0 bridgehead atoms. The highest BCUT2D eigenvalue weighted by molar-refractivity contribution is 7.15. The van der Waals surface area contributed by atoms with Crippen molar-refractivity contribution in [3.8, 4) is 0 Å². The Morgan fingerprint density at radius 2 is 1.82 bits per heavy atom. The largest absolute Gasteiger partial charge is 0.133 e. The summed E-state index contributed by atoms with van der Waals surface area (Å²) in [5.74, 6) is 0. The molecule has 11 heavy (non-hydrogen) atoms. The van der Waals surface area contributed by atoms with Crippen LogP contribution < -0.4 is 0 Å². The molecule has 0 spiro atoms. The van der Waals surface area contributed by atoms with Gasteiger partial charge in [-0.3, -0.25) is 0 Å². The molecule has 0 aliphatic heterocycles. The van der Waals surface area contributed by atoms with Gasteiger partial charge < -0.3 is 0 Å². The van der Waals surface area contributed by atoms with Crippen LogP contribution in [0.15, 0.2) is 18.2 Å². The van der Waals surface area contributed by atoms with Crippen molar-refractivity contribution in [1.82, 2.24) is 0 Å². The summed E-state index contributed by atoms with van der Waals surface area (Å²) in [6.07, 6.45) is 2.20. The predicted octanol–water partition coefficient (Wildman–Crippen LogP) is 2.93. The topological polar surface area (TPSA) is 0 Å². The van der Waals surface area contributed by atoms with Crippen molar-refractivity contribution in [2.45, 2.75) is 26.4 Å². The predicted molar refractivity (Wildman–Crippen MR) is 54.0 cm³/mol. The Bertz CT molecular complexity index is 218. The lowest BCUT2D eigenvalue weighted by molar-refractivity contribution is 1.12. The first-order valence-electron chi connectivity index (χ1n) is 4.05. The van der Waals surface area contributed by atoms with E-state index in [9.17, 15) is 0 Å². The van der Waals surface area contributed by atoms with Gasteiger partial charge in [0.15, 0.2) is 0 Å². The minimum Gasteiger partial charge on any atom is -0.133 e. The second-order valence-corrected chi connectivity index (χ2v) is 3.29. The van der Waals surface area contributed by atoms with E-state index in [-0.39, 0.29) is 0 Å². The van der Waals surface area contributed by atoms with Crippen molar-refractivity contribution >= 4 is 9.24 Å². The SMILES string of the molecule is CCc1cc(C)cc(CP)c1. The van der Waals surface area contributed by atoms with Crippen LogP contribution in [0.4, 0.5) is 0 Å². The molecule has 0 aromatic heterocycles. The Morgan fingerprint density at radius 1 is 1.18 bits per heavy atom. The number of rotatable bonds is 2. The van der Waals surface area contributed by atoms with Crippen LogP contribution in [0.5, 0.6) is 0 Å². The Morgan fingerprint density at radius 3 is 2.36 bits per heavy atom. The third-order valence-corrected chi connectivity index (χ3v) is 2.31. The zero-order valence-electron chi connectivity index (χ0n) is 7.22. The first-order chi connectivity index (χ1) is 5.26. The van der Waals surface area contributed by atoms with Crippen LogP contribution in [0.2, 0.25) is 0 Å². The summed E-state index contributed by atoms with van der Waals surface area (Å²) in [5.41, 5.74) is 4.25. The molecule has 1 rings (SSSR count). The quantitative estimate of drug-likeness (QED) is 0.592. The van der Waals surface area contributed by atoms with E-state index in [1.165, 1.54) is 16.7 Å². The van der Waals surface area contributed by atoms with Crippen LogP contribution in [-0.2, 0) is 12.6 Å². The molecule has 1 unspecified atom stereocenters. The highest BCUT2D eigenvalue weighted by Crippen LogP contribution is 2.12. The average molecular weight is 166 g/mol. The molecule has 0 amide bonds. The zero-order chi connectivity index (χ0) is 8.27. The van der Waals surface area contributed by atoms with Gasteiger partial charge in [-0.05, 0) is 30.6 Å². The Kier molecular flexibility index (Phi) is 3.08. The van der Waals surface area contributed by atoms with Crippen LogP contribution in [0, 0.1) is 6.92 Å². The van der Waals surface area contributed by atoms with Crippen molar-refractivity contribution in [3.63, 3.8) is 0 Å². The number of hydrogen-bond acceptors (Lipinski definition) is 0. The summed E-state index contributed by atoms with van der Waals surface area (Å²) in [6, 6.07) is 6.77. The number of benzene rings is 1. The minimum absolute atomic E-state index is 1.06. The van der Waals surface area contributed by atoms with E-state index in [0.29, 0.717) is 0 Å². The van der Waals surface area contributed by atoms with E-state index in [2.05, 4.69) is 41.3 Å². The van der Waals surface area contributed by atoms with E-state index >= 15 is 0 Å². The van der Waals surface area contributed by atoms with Gasteiger partial charge in [-0.1, -0.05) is 30.7 Å². The van der Waals surface area contributed by atoms with Crippen LogP contribution in [0.3, 0.4) is 0 Å². The summed E-state index contributed by atoms with van der Waals surface area (Å²) >= 11 is 0. The lowest BCUT2D eigenvalue weighted by atomic mass is 10.1. The molecule has 0 fully saturated rings. The molecule has 60 valence electrons. The summed E-state index contributed by atoms with van der Waals surface area (Å²) in [7, 11) is 2.76. The molecule has 0 heterocycles. The third-order valence-electron chi connectivity index (χ3n) is 1.84. The van der Waals surface area contributed by atoms with Gasteiger partial charge in [0.1, 0.15) is 0 Å². The summed E-state index contributed by atoms with van der Waals surface area (Å²) in [5, 5.41) is 0. The lowest BCUT2D eigenvalue weighted by Gasteiger charge is -2.02. The van der Waals surface area contributed by atoms with Crippen LogP contribution in [-0.4, -0.2) is 0 Å². The molecule has 0 saturated heterocycles. The van der Waals surface area contributed by atoms with Crippen molar-refractivity contribution in [2.75, 3.05) is 0 Å². The van der Waals surface area contributed by atoms with Gasteiger partial charge in [0.25, 0.3) is 0 Å². The maximum atomic E-state index is 2.76. The number of hydrogen-bond donors (Lipinski definition) is 0. The molecule has 0 aliphatic carbocycles. The van der Waals surface area contributed by atoms with Gasteiger partial charge in [0.05, 0.1) is 0 Å². The highest BCUT2D eigenvalue weighted by Gasteiger charge is 1.94. The van der Waals surface area contributed by atoms with Crippen LogP contribution >= 0.6 is 9.24 Å². The third kappa shape index (κ3) is 2.31. The van der Waals surface area contributed by atoms with Gasteiger partial charge in [-0.25, -0.2) is 0 Å². The van der Waals surface area contributed by atoms with Crippen molar-refractivity contribution in [1.29, 1.82) is 0 Å². The molecule has 1 atom stereocenters. The monoisotopic (exact) mass is 166 g/mol. The number of aryl methyl sites for hydroxylation is 2. The fraction of sp³-hybridized carbons (Fsp3) is 0.400. The summed E-state index contributed by atoms with van der Waals surface area (Å²) in [4.78, 5) is 0. The van der Waals surface area contributed by atoms with E-state index in [1.807, 2.05) is 0 Å². The van der Waals surface area contributed by atoms with Gasteiger partial charge in [0.2, 0.25) is 0 Å². The van der Waals surface area contributed by atoms with E-state index in [4.69, 9.17) is 0 Å². The van der Waals surface area contributed by atoms with Crippen LogP contribution in [0.1, 0.15) is 23.6 Å². The average Bonchev–Trinajstić information content (AvgIpc) is 2.03. The second kappa shape index (κ2) is 3.88. The fourth-order valence-corrected chi connectivity index (χ4v) is 1.51. The molecule has 0 aliphatic rings. The summed E-state index contributed by atoms with van der Waals surface area (Å²) < 4.78 is 0. The standard InChI is InChI=1S/C10H15P/c1-3-9-4-8(2)5-10(6-9)7-11/h4-6H,3,7,11H2,1-2H3. The van der Waals surface area contributed by atoms with Gasteiger partial charge in [-0.2, -0.15) is 0 Å². The zero-order valence-corrected chi connectivity index (χ0v) is 8.38. The van der Waals surface area contributed by atoms with Crippen molar-refractivity contribution in [3.05, 3.63) is 34.9 Å². The molecule has 0 nitrogen and oxygen atoms in total. The Balaban J connectivity index is 3.02. The second-order valence-electron chi connectivity index (χ2n) is 2.88. The summed E-state index contributed by atoms with van der Waals surface area (Å²) in [6.45, 7) is 4.35. The molecular formula is C10H15P. The van der Waals surface area contributed by atoms with E-state index < -0.39 is 0 Å². The normalized spacial score (nSPS) is 10.1. The van der Waals surface area contributed by atoms with Crippen molar-refractivity contribution < 1.29 is 0 Å². The highest BCUT2D eigenvalue weighted by atomic mass is 31.0. The lowest BCUT2D eigenvalue weighted by Crippen LogP contribution is -1.86. The Labute approximate surface area is 71.2 Å². The van der Waals surface area contributed by atoms with Gasteiger partial charge in [-0.15, -0.1) is 9.24 Å². The first kappa shape index (κ1) is 8.74. The molecule has 1 heteroatoms.